The second-order valence-corrected chi connectivity index (χ2v) is 7.06. The third kappa shape index (κ3) is 21.8. The highest BCUT2D eigenvalue weighted by Crippen LogP contribution is 2.13. The van der Waals surface area contributed by atoms with Crippen LogP contribution in [0, 0.1) is 0 Å². The fourth-order valence-electron chi connectivity index (χ4n) is 2.89. The van der Waals surface area contributed by atoms with Gasteiger partial charge in [0.1, 0.15) is 0 Å². The standard InChI is InChI=1S/C20H39ClO2/c1-20(22)23-19-17-15-13-11-9-7-5-3-2-4-6-8-10-12-14-16-18-21/h2-19H2,1H3. The first-order valence-electron chi connectivity index (χ1n) is 9.96. The summed E-state index contributed by atoms with van der Waals surface area (Å²) in [6.07, 6.45) is 21.4. The molecule has 0 aliphatic heterocycles. The maximum absolute atomic E-state index is 10.6. The summed E-state index contributed by atoms with van der Waals surface area (Å²) in [4.78, 5) is 10.6. The Kier molecular flexibility index (Phi) is 19.6. The Morgan fingerprint density at radius 2 is 0.913 bits per heavy atom. The third-order valence-corrected chi connectivity index (χ3v) is 4.60. The molecule has 0 unspecified atom stereocenters. The molecule has 0 amide bonds. The largest absolute Gasteiger partial charge is 0.466 e. The number of ether oxygens (including phenoxy) is 1. The lowest BCUT2D eigenvalue weighted by Crippen LogP contribution is -2.00. The molecule has 0 saturated carbocycles. The molecule has 0 aromatic rings. The molecular formula is C20H39ClO2. The molecule has 0 N–H and O–H groups in total. The summed E-state index contributed by atoms with van der Waals surface area (Å²) < 4.78 is 4.92. The molecule has 0 aromatic carbocycles. The highest BCUT2D eigenvalue weighted by molar-refractivity contribution is 6.17. The van der Waals surface area contributed by atoms with Crippen LogP contribution in [-0.2, 0) is 9.53 Å². The van der Waals surface area contributed by atoms with E-state index in [2.05, 4.69) is 0 Å². The van der Waals surface area contributed by atoms with Crippen LogP contribution >= 0.6 is 11.6 Å². The number of carbonyl (C=O) groups excluding carboxylic acids is 1. The number of rotatable bonds is 18. The van der Waals surface area contributed by atoms with Crippen molar-refractivity contribution in [2.75, 3.05) is 12.5 Å². The van der Waals surface area contributed by atoms with E-state index >= 15 is 0 Å². The number of hydrogen-bond donors (Lipinski definition) is 0. The SMILES string of the molecule is CC(=O)OCCCCCCCCCCCCCCCCCCCl. The van der Waals surface area contributed by atoms with E-state index in [1.165, 1.54) is 103 Å². The van der Waals surface area contributed by atoms with Gasteiger partial charge in [-0.3, -0.25) is 4.79 Å². The Bertz CT molecular complexity index is 244. The van der Waals surface area contributed by atoms with E-state index in [0.29, 0.717) is 6.61 Å². The zero-order valence-electron chi connectivity index (χ0n) is 15.4. The lowest BCUT2D eigenvalue weighted by molar-refractivity contribution is -0.141. The number of unbranched alkanes of at least 4 members (excludes halogenated alkanes) is 15. The molecule has 3 heteroatoms. The molecule has 0 aliphatic carbocycles. The molecular weight excluding hydrogens is 308 g/mol. The van der Waals surface area contributed by atoms with Crippen molar-refractivity contribution in [3.63, 3.8) is 0 Å². The van der Waals surface area contributed by atoms with E-state index in [9.17, 15) is 4.79 Å². The first-order chi connectivity index (χ1) is 11.3. The van der Waals surface area contributed by atoms with Crippen molar-refractivity contribution in [3.05, 3.63) is 0 Å². The van der Waals surface area contributed by atoms with Crippen molar-refractivity contribution in [2.45, 2.75) is 110 Å². The molecule has 138 valence electrons. The second-order valence-electron chi connectivity index (χ2n) is 6.69. The molecule has 0 atom stereocenters. The van der Waals surface area contributed by atoms with Crippen molar-refractivity contribution in [1.29, 1.82) is 0 Å². The minimum absolute atomic E-state index is 0.156. The number of hydrogen-bond acceptors (Lipinski definition) is 2. The van der Waals surface area contributed by atoms with Gasteiger partial charge in [0.2, 0.25) is 0 Å². The zero-order valence-corrected chi connectivity index (χ0v) is 16.2. The van der Waals surface area contributed by atoms with Crippen molar-refractivity contribution in [1.82, 2.24) is 0 Å². The van der Waals surface area contributed by atoms with Crippen LogP contribution in [0.3, 0.4) is 0 Å². The van der Waals surface area contributed by atoms with Crippen LogP contribution < -0.4 is 0 Å². The van der Waals surface area contributed by atoms with Crippen LogP contribution in [-0.4, -0.2) is 18.5 Å². The van der Waals surface area contributed by atoms with Crippen LogP contribution in [0.2, 0.25) is 0 Å². The van der Waals surface area contributed by atoms with E-state index in [4.69, 9.17) is 16.3 Å². The van der Waals surface area contributed by atoms with E-state index in [0.717, 1.165) is 12.3 Å². The lowest BCUT2D eigenvalue weighted by Gasteiger charge is -2.04. The van der Waals surface area contributed by atoms with Crippen molar-refractivity contribution < 1.29 is 9.53 Å². The minimum Gasteiger partial charge on any atom is -0.466 e. The van der Waals surface area contributed by atoms with Gasteiger partial charge in [0.05, 0.1) is 6.61 Å². The second kappa shape index (κ2) is 19.8. The quantitative estimate of drug-likeness (QED) is 0.151. The fraction of sp³-hybridized carbons (Fsp3) is 0.950. The van der Waals surface area contributed by atoms with Crippen molar-refractivity contribution in [3.8, 4) is 0 Å². The van der Waals surface area contributed by atoms with Crippen molar-refractivity contribution >= 4 is 17.6 Å². The predicted octanol–water partition coefficient (Wildman–Crippen LogP) is 7.03. The van der Waals surface area contributed by atoms with Gasteiger partial charge < -0.3 is 4.74 Å². The number of halogens is 1. The van der Waals surface area contributed by atoms with Gasteiger partial charge in [-0.2, -0.15) is 0 Å². The Morgan fingerprint density at radius 1 is 0.609 bits per heavy atom. The van der Waals surface area contributed by atoms with Gasteiger partial charge >= 0.3 is 5.97 Å². The fourth-order valence-corrected chi connectivity index (χ4v) is 3.08. The van der Waals surface area contributed by atoms with Gasteiger partial charge in [0.15, 0.2) is 0 Å². The first kappa shape index (κ1) is 22.8. The molecule has 0 radical (unpaired) electrons. The molecule has 0 heterocycles. The maximum Gasteiger partial charge on any atom is 0.302 e. The Morgan fingerprint density at radius 3 is 1.22 bits per heavy atom. The maximum atomic E-state index is 10.6. The third-order valence-electron chi connectivity index (χ3n) is 4.33. The van der Waals surface area contributed by atoms with Crippen molar-refractivity contribution in [2.24, 2.45) is 0 Å². The number of alkyl halides is 1. The summed E-state index contributed by atoms with van der Waals surface area (Å²) in [7, 11) is 0. The average molecular weight is 347 g/mol. The molecule has 2 nitrogen and oxygen atoms in total. The van der Waals surface area contributed by atoms with E-state index in [1.54, 1.807) is 0 Å². The first-order valence-corrected chi connectivity index (χ1v) is 10.5. The summed E-state index contributed by atoms with van der Waals surface area (Å²) in [5.74, 6) is 0.671. The van der Waals surface area contributed by atoms with E-state index in [1.807, 2.05) is 0 Å². The molecule has 23 heavy (non-hydrogen) atoms. The van der Waals surface area contributed by atoms with Crippen LogP contribution in [0.15, 0.2) is 0 Å². The smallest absolute Gasteiger partial charge is 0.302 e. The van der Waals surface area contributed by atoms with Gasteiger partial charge in [-0.05, 0) is 12.8 Å². The molecule has 0 aliphatic rings. The molecule has 0 fully saturated rings. The Labute approximate surface area is 149 Å². The topological polar surface area (TPSA) is 26.3 Å². The molecule has 0 spiro atoms. The molecule has 0 bridgehead atoms. The summed E-state index contributed by atoms with van der Waals surface area (Å²) in [5.41, 5.74) is 0. The van der Waals surface area contributed by atoms with E-state index < -0.39 is 0 Å². The Balaban J connectivity index is 2.96. The zero-order chi connectivity index (χ0) is 17.0. The number of esters is 1. The molecule has 0 aromatic heterocycles. The molecule has 0 saturated heterocycles. The molecule has 0 rings (SSSR count). The summed E-state index contributed by atoms with van der Waals surface area (Å²) >= 11 is 5.67. The van der Waals surface area contributed by atoms with Crippen LogP contribution in [0.25, 0.3) is 0 Å². The van der Waals surface area contributed by atoms with Crippen LogP contribution in [0.4, 0.5) is 0 Å². The highest BCUT2D eigenvalue weighted by Gasteiger charge is 1.96. The average Bonchev–Trinajstić information content (AvgIpc) is 2.53. The highest BCUT2D eigenvalue weighted by atomic mass is 35.5. The lowest BCUT2D eigenvalue weighted by atomic mass is 10.0. The van der Waals surface area contributed by atoms with Crippen LogP contribution in [0.5, 0.6) is 0 Å². The van der Waals surface area contributed by atoms with Crippen LogP contribution in [0.1, 0.15) is 110 Å². The Hall–Kier alpha value is -0.240. The van der Waals surface area contributed by atoms with Gasteiger partial charge in [0, 0.05) is 12.8 Å². The van der Waals surface area contributed by atoms with E-state index in [-0.39, 0.29) is 5.97 Å². The minimum atomic E-state index is -0.156. The van der Waals surface area contributed by atoms with Gasteiger partial charge in [-0.1, -0.05) is 89.9 Å². The van der Waals surface area contributed by atoms with Gasteiger partial charge in [-0.15, -0.1) is 11.6 Å². The predicted molar refractivity (Wildman–Crippen MR) is 101 cm³/mol. The number of carbonyl (C=O) groups is 1. The summed E-state index contributed by atoms with van der Waals surface area (Å²) in [6, 6.07) is 0. The van der Waals surface area contributed by atoms with Gasteiger partial charge in [0.25, 0.3) is 0 Å². The monoisotopic (exact) mass is 346 g/mol. The summed E-state index contributed by atoms with van der Waals surface area (Å²) in [6.45, 7) is 2.07. The summed E-state index contributed by atoms with van der Waals surface area (Å²) in [5, 5.41) is 0. The normalized spacial score (nSPS) is 10.9. The van der Waals surface area contributed by atoms with Gasteiger partial charge in [-0.25, -0.2) is 0 Å².